The number of rotatable bonds is 11. The van der Waals surface area contributed by atoms with Crippen LogP contribution in [-0.4, -0.2) is 81.6 Å². The van der Waals surface area contributed by atoms with E-state index >= 15 is 4.79 Å². The molecule has 4 fully saturated rings. The second-order valence-electron chi connectivity index (χ2n) is 22.0. The third-order valence-electron chi connectivity index (χ3n) is 19.0. The summed E-state index contributed by atoms with van der Waals surface area (Å²) in [7, 11) is 3.04. The van der Waals surface area contributed by atoms with Crippen LogP contribution in [0.25, 0.3) is 0 Å². The molecule has 1 saturated heterocycles. The average molecular weight is 968 g/mol. The molecule has 0 unspecified atom stereocenters. The predicted octanol–water partition coefficient (Wildman–Crippen LogP) is 8.01. The van der Waals surface area contributed by atoms with Gasteiger partial charge in [0.25, 0.3) is 11.8 Å². The summed E-state index contributed by atoms with van der Waals surface area (Å²) in [5, 5.41) is 38.8. The van der Waals surface area contributed by atoms with Crippen molar-refractivity contribution in [3.8, 4) is 0 Å². The number of nitrogens with zero attached hydrogens (tertiary/aromatic N) is 1. The van der Waals surface area contributed by atoms with Gasteiger partial charge in [-0.25, -0.2) is 9.59 Å². The first-order valence-corrected chi connectivity index (χ1v) is 28.5. The van der Waals surface area contributed by atoms with Gasteiger partial charge in [0.15, 0.2) is 0 Å². The number of aliphatic hydroxyl groups is 3. The lowest BCUT2D eigenvalue weighted by Crippen LogP contribution is -2.55. The molecule has 7 bridgehead atoms. The number of amides is 2. The lowest BCUT2D eigenvalue weighted by Gasteiger charge is -2.58. The number of dihydropyridines is 1. The molecule has 0 aromatic heterocycles. The van der Waals surface area contributed by atoms with Crippen molar-refractivity contribution < 1.29 is 44.0 Å². The Morgan fingerprint density at radius 3 is 2.46 bits per heavy atom. The number of carbonyl (C=O) groups is 4. The maximum absolute atomic E-state index is 15.2. The molecule has 5 aliphatic heterocycles. The topological polar surface area (TPSA) is 175 Å². The molecule has 3 saturated carbocycles. The molecule has 2 amide bonds. The minimum atomic E-state index is -0.963. The maximum Gasteiger partial charge on any atom is 0.340 e. The van der Waals surface area contributed by atoms with Gasteiger partial charge in [0.1, 0.15) is 17.0 Å². The number of carbonyl (C=O) groups excluding carboxylic acids is 4. The van der Waals surface area contributed by atoms with Crippen molar-refractivity contribution in [1.82, 2.24) is 15.5 Å². The molecule has 12 nitrogen and oxygen atoms in total. The Morgan fingerprint density at radius 1 is 0.912 bits per heavy atom. The van der Waals surface area contributed by atoms with Gasteiger partial charge >= 0.3 is 11.9 Å². The van der Waals surface area contributed by atoms with Gasteiger partial charge in [0.2, 0.25) is 0 Å². The highest BCUT2D eigenvalue weighted by Crippen LogP contribution is 2.73. The SMILES string of the molecule is CCC1(C2=C3OC(=O)C4=C3[C@@H](CC2)C[C@H]2[C@@H]3CC[C@@]5(C6=C3[C@H](CN3C(=O)C=CC3=O)C3=CCNC(=C3)NCSS[C@H](O)[C@H](C3CCC(C[C@H](CO)CCCO)CC3)C/C=C/5OC6=O)[C@@H]42)CCCC1. The summed E-state index contributed by atoms with van der Waals surface area (Å²) in [6, 6.07) is 0. The van der Waals surface area contributed by atoms with Gasteiger partial charge < -0.3 is 35.4 Å². The Labute approximate surface area is 408 Å². The van der Waals surface area contributed by atoms with E-state index in [4.69, 9.17) is 9.47 Å². The molecule has 7 aliphatic carbocycles. The fraction of sp³-hybridized carbons (Fsp3) is 0.667. The number of aliphatic hydroxyl groups excluding tert-OH is 3. The fourth-order valence-electron chi connectivity index (χ4n) is 15.9. The van der Waals surface area contributed by atoms with Crippen molar-refractivity contribution in [2.75, 3.05) is 32.2 Å². The van der Waals surface area contributed by atoms with Crippen LogP contribution in [0.5, 0.6) is 0 Å². The number of hydrogen-bond donors (Lipinski definition) is 5. The Kier molecular flexibility index (Phi) is 13.0. The predicted molar refractivity (Wildman–Crippen MR) is 260 cm³/mol. The maximum atomic E-state index is 15.2. The summed E-state index contributed by atoms with van der Waals surface area (Å²) in [4.78, 5) is 58.4. The number of imide groups is 1. The third-order valence-corrected chi connectivity index (χ3v) is 21.3. The van der Waals surface area contributed by atoms with E-state index in [-0.39, 0.29) is 84.4 Å². The molecule has 0 aromatic carbocycles. The molecule has 5 N–H and O–H groups in total. The van der Waals surface area contributed by atoms with Gasteiger partial charge in [-0.15, -0.1) is 0 Å². The van der Waals surface area contributed by atoms with Crippen LogP contribution in [0.15, 0.2) is 81.2 Å². The van der Waals surface area contributed by atoms with E-state index in [0.717, 1.165) is 117 Å². The van der Waals surface area contributed by atoms with Crippen molar-refractivity contribution >= 4 is 45.3 Å². The summed E-state index contributed by atoms with van der Waals surface area (Å²) in [5.74, 6) is 1.35. The Balaban J connectivity index is 1.05. The van der Waals surface area contributed by atoms with Crippen molar-refractivity contribution in [2.45, 2.75) is 128 Å². The van der Waals surface area contributed by atoms with E-state index in [1.165, 1.54) is 46.3 Å². The van der Waals surface area contributed by atoms with Gasteiger partial charge in [-0.2, -0.15) is 0 Å². The van der Waals surface area contributed by atoms with Crippen LogP contribution in [-0.2, 0) is 28.7 Å². The van der Waals surface area contributed by atoms with Crippen LogP contribution >= 0.6 is 21.6 Å². The Bertz CT molecular complexity index is 2310. The van der Waals surface area contributed by atoms with Crippen LogP contribution in [0.1, 0.15) is 122 Å². The number of allylic oxidation sites excluding steroid dienone is 5. The Hall–Kier alpha value is -3.56. The van der Waals surface area contributed by atoms with Crippen molar-refractivity contribution in [3.63, 3.8) is 0 Å². The van der Waals surface area contributed by atoms with E-state index < -0.39 is 22.7 Å². The molecule has 1 spiro atoms. The highest BCUT2D eigenvalue weighted by atomic mass is 33.1. The molecule has 5 heterocycles. The van der Waals surface area contributed by atoms with Gasteiger partial charge in [0, 0.05) is 67.4 Å². The summed E-state index contributed by atoms with van der Waals surface area (Å²) in [6.07, 6.45) is 25.6. The molecular formula is C54H69N3O9S2. The highest BCUT2D eigenvalue weighted by molar-refractivity contribution is 8.76. The van der Waals surface area contributed by atoms with Crippen molar-refractivity contribution in [2.24, 2.45) is 64.1 Å². The van der Waals surface area contributed by atoms with Gasteiger partial charge in [-0.05, 0) is 160 Å². The number of fused-ring (bicyclic) bond motifs is 2. The summed E-state index contributed by atoms with van der Waals surface area (Å²) >= 11 is 0. The van der Waals surface area contributed by atoms with Crippen LogP contribution in [0.4, 0.5) is 0 Å². The minimum absolute atomic E-state index is 0.00124. The standard InChI is InChI=1S/C54H69N3O9S2/c1-2-53(19-3-4-20-53)39-13-11-34-25-37-36-17-21-54(47(37)46-44(34)49(39)66-50(46)62)40-14-12-35(32-9-7-30(8-10-32)24-31(28-59)6-5-23-58)52(64)68-67-29-56-41-26-33(18-22-55-41)38(45(36)48(54)51(63)65-40)27-57-42(60)15-16-43(57)61/h14-16,18,26,30-32,34-38,47,52,55-56,58-59,64H,2-13,17,19-25,27-29H2,1H3/b40-14-/t30?,31-,32?,34+,35+,36+,37+,38-,47-,52+,54+/m1/s1. The molecule has 14 heteroatoms. The monoisotopic (exact) mass is 967 g/mol. The molecule has 68 heavy (non-hydrogen) atoms. The first-order valence-electron chi connectivity index (χ1n) is 26.1. The normalized spacial score (nSPS) is 37.5. The molecule has 0 radical (unpaired) electrons. The first kappa shape index (κ1) is 46.8. The number of nitrogens with one attached hydrogen (secondary N) is 2. The molecule has 366 valence electrons. The third kappa shape index (κ3) is 7.75. The number of ether oxygens (including phenoxy) is 2. The number of hydrogen-bond acceptors (Lipinski definition) is 13. The van der Waals surface area contributed by atoms with Crippen LogP contribution in [0.2, 0.25) is 0 Å². The van der Waals surface area contributed by atoms with E-state index in [1.807, 2.05) is 0 Å². The largest absolute Gasteiger partial charge is 0.427 e. The average Bonchev–Trinajstić information content (AvgIpc) is 4.13. The molecule has 12 rings (SSSR count). The van der Waals surface area contributed by atoms with Crippen LogP contribution < -0.4 is 10.6 Å². The number of esters is 2. The molecule has 0 aromatic rings. The summed E-state index contributed by atoms with van der Waals surface area (Å²) in [5.41, 5.74) is 4.04. The molecule has 9 atom stereocenters. The van der Waals surface area contributed by atoms with E-state index in [9.17, 15) is 29.7 Å². The fourth-order valence-corrected chi connectivity index (χ4v) is 18.0. The second kappa shape index (κ2) is 18.9. The molecule has 12 aliphatic rings. The zero-order chi connectivity index (χ0) is 46.9. The summed E-state index contributed by atoms with van der Waals surface area (Å²) in [6.45, 7) is 3.15. The quantitative estimate of drug-likeness (QED) is 0.0766. The zero-order valence-corrected chi connectivity index (χ0v) is 41.1. The zero-order valence-electron chi connectivity index (χ0n) is 39.5. The lowest BCUT2D eigenvalue weighted by atomic mass is 9.42. The van der Waals surface area contributed by atoms with Gasteiger partial charge in [0.05, 0.1) is 22.7 Å². The minimum Gasteiger partial charge on any atom is -0.427 e. The van der Waals surface area contributed by atoms with E-state index in [2.05, 4.69) is 35.8 Å². The van der Waals surface area contributed by atoms with Crippen molar-refractivity contribution in [3.05, 3.63) is 81.2 Å². The molecular weight excluding hydrogens is 899 g/mol. The Morgan fingerprint density at radius 2 is 1.71 bits per heavy atom. The highest BCUT2D eigenvalue weighted by Gasteiger charge is 2.70. The second-order valence-corrected chi connectivity index (χ2v) is 24.4. The van der Waals surface area contributed by atoms with E-state index in [0.29, 0.717) is 48.9 Å². The lowest BCUT2D eigenvalue weighted by molar-refractivity contribution is -0.138. The van der Waals surface area contributed by atoms with Crippen molar-refractivity contribution in [1.29, 1.82) is 0 Å². The smallest absolute Gasteiger partial charge is 0.340 e. The van der Waals surface area contributed by atoms with Crippen LogP contribution in [0, 0.1) is 64.1 Å². The van der Waals surface area contributed by atoms with Gasteiger partial charge in [-0.3, -0.25) is 14.5 Å². The van der Waals surface area contributed by atoms with Crippen LogP contribution in [0.3, 0.4) is 0 Å². The summed E-state index contributed by atoms with van der Waals surface area (Å²) < 4.78 is 13.3. The van der Waals surface area contributed by atoms with Gasteiger partial charge in [-0.1, -0.05) is 60.3 Å². The van der Waals surface area contributed by atoms with E-state index in [1.54, 1.807) is 10.8 Å². The first-order chi connectivity index (χ1) is 33.1.